The van der Waals surface area contributed by atoms with E-state index < -0.39 is 12.1 Å². The van der Waals surface area contributed by atoms with E-state index in [1.54, 1.807) is 0 Å². The fraction of sp³-hybridized carbons (Fsp3) is 1.00. The van der Waals surface area contributed by atoms with Crippen LogP contribution in [0, 0.1) is 0 Å². The van der Waals surface area contributed by atoms with Crippen LogP contribution in [0.2, 0.25) is 0 Å². The molecule has 124 valence electrons. The molecule has 2 fully saturated rings. The molecule has 21 heavy (non-hydrogen) atoms. The first kappa shape index (κ1) is 17.0. The molecule has 8 nitrogen and oxygen atoms in total. The second-order valence-electron chi connectivity index (χ2n) is 5.06. The number of aliphatic hydroxyl groups is 2. The maximum Gasteiger partial charge on any atom is 0.307 e. The van der Waals surface area contributed by atoms with Gasteiger partial charge < -0.3 is 38.6 Å². The van der Waals surface area contributed by atoms with Crippen LogP contribution in [0.25, 0.3) is 0 Å². The monoisotopic (exact) mass is 308 g/mol. The van der Waals surface area contributed by atoms with E-state index in [0.29, 0.717) is 13.2 Å². The van der Waals surface area contributed by atoms with Crippen LogP contribution in [0.4, 0.5) is 0 Å². The van der Waals surface area contributed by atoms with Gasteiger partial charge in [-0.25, -0.2) is 0 Å². The molecular formula is C13H24O8. The second-order valence-corrected chi connectivity index (χ2v) is 5.06. The fourth-order valence-corrected chi connectivity index (χ4v) is 1.53. The van der Waals surface area contributed by atoms with Crippen LogP contribution in [0.15, 0.2) is 0 Å². The summed E-state index contributed by atoms with van der Waals surface area (Å²) in [6.45, 7) is 4.64. The SMILES string of the molecule is CC(O)C(O)(OCCOCC1CO1)OCCOCC1CO1. The average molecular weight is 308 g/mol. The fourth-order valence-electron chi connectivity index (χ4n) is 1.53. The third-order valence-electron chi connectivity index (χ3n) is 3.01. The minimum absolute atomic E-state index is 0.102. The quantitative estimate of drug-likeness (QED) is 0.250. The van der Waals surface area contributed by atoms with E-state index in [1.807, 2.05) is 0 Å². The maximum atomic E-state index is 10.1. The van der Waals surface area contributed by atoms with Gasteiger partial charge in [-0.3, -0.25) is 0 Å². The lowest BCUT2D eigenvalue weighted by atomic mass is 10.3. The van der Waals surface area contributed by atoms with Crippen LogP contribution in [0.1, 0.15) is 6.92 Å². The highest BCUT2D eigenvalue weighted by molar-refractivity contribution is 4.68. The molecule has 2 saturated heterocycles. The van der Waals surface area contributed by atoms with Crippen molar-refractivity contribution in [3.05, 3.63) is 0 Å². The summed E-state index contributed by atoms with van der Waals surface area (Å²) in [7, 11) is 0. The number of ether oxygens (including phenoxy) is 6. The highest BCUT2D eigenvalue weighted by Crippen LogP contribution is 2.15. The molecule has 0 aromatic carbocycles. The van der Waals surface area contributed by atoms with Gasteiger partial charge in [0.1, 0.15) is 18.3 Å². The molecule has 3 unspecified atom stereocenters. The van der Waals surface area contributed by atoms with Crippen molar-refractivity contribution < 1.29 is 38.6 Å². The van der Waals surface area contributed by atoms with E-state index in [-0.39, 0.29) is 38.6 Å². The molecule has 0 aromatic heterocycles. The first-order chi connectivity index (χ1) is 10.1. The van der Waals surface area contributed by atoms with Gasteiger partial charge in [0.15, 0.2) is 0 Å². The summed E-state index contributed by atoms with van der Waals surface area (Å²) in [4.78, 5) is 0. The van der Waals surface area contributed by atoms with Gasteiger partial charge in [0, 0.05) is 0 Å². The molecule has 0 aromatic rings. The maximum absolute atomic E-state index is 10.1. The third kappa shape index (κ3) is 6.98. The third-order valence-corrected chi connectivity index (χ3v) is 3.01. The molecule has 2 aliphatic heterocycles. The molecule has 0 amide bonds. The van der Waals surface area contributed by atoms with E-state index in [1.165, 1.54) is 6.92 Å². The van der Waals surface area contributed by atoms with Gasteiger partial charge in [-0.05, 0) is 6.92 Å². The smallest absolute Gasteiger partial charge is 0.307 e. The molecule has 2 rings (SSSR count). The highest BCUT2D eigenvalue weighted by atomic mass is 16.8. The molecule has 3 atom stereocenters. The van der Waals surface area contributed by atoms with Crippen LogP contribution in [0.3, 0.4) is 0 Å². The molecule has 0 spiro atoms. The Kier molecular flexibility index (Phi) is 6.77. The number of aliphatic hydroxyl groups excluding tert-OH is 1. The Morgan fingerprint density at radius 2 is 1.43 bits per heavy atom. The lowest BCUT2D eigenvalue weighted by Gasteiger charge is -2.30. The molecule has 0 radical (unpaired) electrons. The van der Waals surface area contributed by atoms with Gasteiger partial charge >= 0.3 is 5.97 Å². The number of rotatable bonds is 13. The topological polar surface area (TPSA) is 102 Å². The van der Waals surface area contributed by atoms with Crippen molar-refractivity contribution in [3.63, 3.8) is 0 Å². The minimum atomic E-state index is -2.06. The Morgan fingerprint density at radius 1 is 1.00 bits per heavy atom. The lowest BCUT2D eigenvalue weighted by Crippen LogP contribution is -2.47. The molecule has 2 N–H and O–H groups in total. The van der Waals surface area contributed by atoms with E-state index >= 15 is 0 Å². The number of hydrogen-bond donors (Lipinski definition) is 2. The summed E-state index contributed by atoms with van der Waals surface area (Å²) < 4.78 is 30.9. The lowest BCUT2D eigenvalue weighted by molar-refractivity contribution is -0.395. The van der Waals surface area contributed by atoms with Gasteiger partial charge in [-0.15, -0.1) is 0 Å². The number of epoxide rings is 2. The summed E-state index contributed by atoms with van der Waals surface area (Å²) in [5.41, 5.74) is 0. The summed E-state index contributed by atoms with van der Waals surface area (Å²) in [6.07, 6.45) is -0.829. The Morgan fingerprint density at radius 3 is 1.76 bits per heavy atom. The molecule has 0 aliphatic carbocycles. The molecule has 2 aliphatic rings. The summed E-state index contributed by atoms with van der Waals surface area (Å²) >= 11 is 0. The highest BCUT2D eigenvalue weighted by Gasteiger charge is 2.35. The van der Waals surface area contributed by atoms with Crippen molar-refractivity contribution in [2.45, 2.75) is 31.2 Å². The number of hydrogen-bond acceptors (Lipinski definition) is 8. The predicted octanol–water partition coefficient (Wildman–Crippen LogP) is -1.12. The van der Waals surface area contributed by atoms with Crippen molar-refractivity contribution >= 4 is 0 Å². The zero-order valence-electron chi connectivity index (χ0n) is 12.2. The summed E-state index contributed by atoms with van der Waals surface area (Å²) in [6, 6.07) is 0. The molecule has 8 heteroatoms. The van der Waals surface area contributed by atoms with Crippen LogP contribution in [-0.4, -0.2) is 87.4 Å². The predicted molar refractivity (Wildman–Crippen MR) is 69.7 cm³/mol. The zero-order chi connectivity index (χ0) is 15.1. The van der Waals surface area contributed by atoms with Gasteiger partial charge in [0.05, 0.1) is 52.9 Å². The molecular weight excluding hydrogens is 284 g/mol. The Hall–Kier alpha value is -0.320. The first-order valence-corrected chi connectivity index (χ1v) is 7.17. The van der Waals surface area contributed by atoms with Crippen LogP contribution in [-0.2, 0) is 28.4 Å². The van der Waals surface area contributed by atoms with E-state index in [0.717, 1.165) is 13.2 Å². The standard InChI is InChI=1S/C13H24O8/c1-10(14)13(15,20-4-2-16-6-11-8-18-11)21-5-3-17-7-12-9-19-12/h10-12,14-15H,2-9H2,1H3. The zero-order valence-corrected chi connectivity index (χ0v) is 12.2. The Bertz CT molecular complexity index is 268. The molecule has 0 bridgehead atoms. The van der Waals surface area contributed by atoms with Crippen molar-refractivity contribution in [2.24, 2.45) is 0 Å². The van der Waals surface area contributed by atoms with Gasteiger partial charge in [-0.1, -0.05) is 0 Å². The van der Waals surface area contributed by atoms with E-state index in [9.17, 15) is 10.2 Å². The normalized spacial score (nSPS) is 28.1. The van der Waals surface area contributed by atoms with Crippen molar-refractivity contribution in [3.8, 4) is 0 Å². The summed E-state index contributed by atoms with van der Waals surface area (Å²) in [5.74, 6) is -2.06. The van der Waals surface area contributed by atoms with Gasteiger partial charge in [-0.2, -0.15) is 0 Å². The van der Waals surface area contributed by atoms with Gasteiger partial charge in [0.2, 0.25) is 0 Å². The van der Waals surface area contributed by atoms with Crippen LogP contribution < -0.4 is 0 Å². The minimum Gasteiger partial charge on any atom is -0.385 e. The average Bonchev–Trinajstić information content (AvgIpc) is 3.32. The van der Waals surface area contributed by atoms with Crippen molar-refractivity contribution in [1.29, 1.82) is 0 Å². The van der Waals surface area contributed by atoms with Crippen molar-refractivity contribution in [1.82, 2.24) is 0 Å². The van der Waals surface area contributed by atoms with Crippen molar-refractivity contribution in [2.75, 3.05) is 52.9 Å². The largest absolute Gasteiger partial charge is 0.385 e. The van der Waals surface area contributed by atoms with E-state index in [2.05, 4.69) is 0 Å². The molecule has 0 saturated carbocycles. The first-order valence-electron chi connectivity index (χ1n) is 7.17. The second kappa shape index (κ2) is 8.35. The van der Waals surface area contributed by atoms with Crippen LogP contribution in [0.5, 0.6) is 0 Å². The Labute approximate surface area is 123 Å². The summed E-state index contributed by atoms with van der Waals surface area (Å²) in [5, 5.41) is 19.6. The van der Waals surface area contributed by atoms with Crippen LogP contribution >= 0.6 is 0 Å². The Balaban J connectivity index is 1.52. The van der Waals surface area contributed by atoms with E-state index in [4.69, 9.17) is 28.4 Å². The molecule has 2 heterocycles. The van der Waals surface area contributed by atoms with Gasteiger partial charge in [0.25, 0.3) is 0 Å².